The van der Waals surface area contributed by atoms with Gasteiger partial charge in [-0.2, -0.15) is 13.2 Å². The number of hydrogen-bond acceptors (Lipinski definition) is 2. The van der Waals surface area contributed by atoms with Gasteiger partial charge >= 0.3 is 6.18 Å². The Hall–Kier alpha value is -1.69. The van der Waals surface area contributed by atoms with Gasteiger partial charge in [-0.15, -0.1) is 0 Å². The predicted molar refractivity (Wildman–Crippen MR) is 58.0 cm³/mol. The highest BCUT2D eigenvalue weighted by Gasteiger charge is 2.34. The van der Waals surface area contributed by atoms with Gasteiger partial charge in [0.05, 0.1) is 11.3 Å². The fourth-order valence-corrected chi connectivity index (χ4v) is 1.64. The third-order valence-electron chi connectivity index (χ3n) is 2.19. The number of anilines is 1. The Morgan fingerprint density at radius 3 is 2.53 bits per heavy atom. The summed E-state index contributed by atoms with van der Waals surface area (Å²) < 4.78 is 39.6. The molecule has 2 aromatic rings. The predicted octanol–water partition coefficient (Wildman–Crippen LogP) is 3.13. The van der Waals surface area contributed by atoms with Gasteiger partial charge < -0.3 is 5.73 Å². The topological polar surface area (TPSA) is 43.8 Å². The van der Waals surface area contributed by atoms with Crippen LogP contribution in [0.4, 0.5) is 19.1 Å². The fraction of sp³-hybridized carbons (Fsp3) is 0.100. The summed E-state index contributed by atoms with van der Waals surface area (Å²) in [5.74, 6) is -0.0159. The molecule has 0 bridgehead atoms. The number of benzene rings is 1. The van der Waals surface area contributed by atoms with Gasteiger partial charge in [0.25, 0.3) is 0 Å². The van der Waals surface area contributed by atoms with E-state index >= 15 is 0 Å². The van der Waals surface area contributed by atoms with Gasteiger partial charge in [-0.1, -0.05) is 11.6 Å². The molecule has 3 nitrogen and oxygen atoms in total. The van der Waals surface area contributed by atoms with Crippen molar-refractivity contribution in [2.75, 3.05) is 5.73 Å². The van der Waals surface area contributed by atoms with Crippen LogP contribution in [0.1, 0.15) is 5.56 Å². The average Bonchev–Trinajstić information content (AvgIpc) is 2.63. The molecule has 0 aliphatic carbocycles. The van der Waals surface area contributed by atoms with Gasteiger partial charge in [0, 0.05) is 17.4 Å². The van der Waals surface area contributed by atoms with E-state index in [-0.39, 0.29) is 16.7 Å². The van der Waals surface area contributed by atoms with Gasteiger partial charge in [-0.3, -0.25) is 4.57 Å². The second-order valence-electron chi connectivity index (χ2n) is 3.31. The number of halogens is 4. The normalized spacial score (nSPS) is 11.8. The molecule has 0 saturated carbocycles. The van der Waals surface area contributed by atoms with Crippen LogP contribution in [-0.4, -0.2) is 9.55 Å². The summed E-state index contributed by atoms with van der Waals surface area (Å²) in [7, 11) is 0. The van der Waals surface area contributed by atoms with Crippen molar-refractivity contribution < 1.29 is 13.2 Å². The molecule has 0 atom stereocenters. The molecule has 0 aliphatic rings. The van der Waals surface area contributed by atoms with Crippen LogP contribution in [0.25, 0.3) is 5.69 Å². The SMILES string of the molecule is Nc1nccn1-c1ccc(Cl)cc1C(F)(F)F. The van der Waals surface area contributed by atoms with E-state index in [9.17, 15) is 13.2 Å². The number of alkyl halides is 3. The molecule has 0 saturated heterocycles. The van der Waals surface area contributed by atoms with Crippen molar-refractivity contribution in [1.29, 1.82) is 0 Å². The smallest absolute Gasteiger partial charge is 0.369 e. The maximum Gasteiger partial charge on any atom is 0.418 e. The van der Waals surface area contributed by atoms with E-state index in [1.54, 1.807) is 0 Å². The number of nitrogen functional groups attached to an aromatic ring is 1. The van der Waals surface area contributed by atoms with Crippen LogP contribution < -0.4 is 5.73 Å². The van der Waals surface area contributed by atoms with Crippen LogP contribution >= 0.6 is 11.6 Å². The summed E-state index contributed by atoms with van der Waals surface area (Å²) in [4.78, 5) is 3.68. The first-order chi connectivity index (χ1) is 7.89. The molecule has 90 valence electrons. The Kier molecular flexibility index (Phi) is 2.74. The molecule has 0 amide bonds. The van der Waals surface area contributed by atoms with Crippen molar-refractivity contribution in [1.82, 2.24) is 9.55 Å². The number of rotatable bonds is 1. The standard InChI is InChI=1S/C10H7ClF3N3/c11-6-1-2-8(7(5-6)10(12,13)14)17-4-3-16-9(17)15/h1-5H,(H2,15,16). The second-order valence-corrected chi connectivity index (χ2v) is 3.75. The number of nitrogens with two attached hydrogens (primary N) is 1. The number of hydrogen-bond donors (Lipinski definition) is 1. The highest BCUT2D eigenvalue weighted by atomic mass is 35.5. The minimum absolute atomic E-state index is 0.0137. The minimum atomic E-state index is -4.50. The Labute approximate surface area is 99.6 Å². The molecule has 1 aromatic carbocycles. The lowest BCUT2D eigenvalue weighted by atomic mass is 10.1. The van der Waals surface area contributed by atoms with Gasteiger partial charge in [-0.05, 0) is 18.2 Å². The first-order valence-corrected chi connectivity index (χ1v) is 4.93. The summed E-state index contributed by atoms with van der Waals surface area (Å²) >= 11 is 5.57. The fourth-order valence-electron chi connectivity index (χ4n) is 1.46. The van der Waals surface area contributed by atoms with Gasteiger partial charge in [-0.25, -0.2) is 4.98 Å². The highest BCUT2D eigenvalue weighted by Crippen LogP contribution is 2.36. The monoisotopic (exact) mass is 261 g/mol. The van der Waals surface area contributed by atoms with Crippen molar-refractivity contribution >= 4 is 17.5 Å². The Morgan fingerprint density at radius 1 is 1.29 bits per heavy atom. The van der Waals surface area contributed by atoms with Crippen LogP contribution in [0, 0.1) is 0 Å². The van der Waals surface area contributed by atoms with E-state index in [0.717, 1.165) is 10.6 Å². The Balaban J connectivity index is 2.67. The van der Waals surface area contributed by atoms with E-state index < -0.39 is 11.7 Å². The quantitative estimate of drug-likeness (QED) is 0.857. The lowest BCUT2D eigenvalue weighted by molar-refractivity contribution is -0.137. The van der Waals surface area contributed by atoms with Crippen molar-refractivity contribution in [2.24, 2.45) is 0 Å². The maximum atomic E-state index is 12.8. The van der Waals surface area contributed by atoms with Crippen LogP contribution in [0.15, 0.2) is 30.6 Å². The summed E-state index contributed by atoms with van der Waals surface area (Å²) in [6, 6.07) is 3.48. The molecule has 0 aliphatic heterocycles. The van der Waals surface area contributed by atoms with Crippen molar-refractivity contribution in [3.05, 3.63) is 41.2 Å². The van der Waals surface area contributed by atoms with Gasteiger partial charge in [0.15, 0.2) is 0 Å². The molecule has 2 rings (SSSR count). The van der Waals surface area contributed by atoms with Gasteiger partial charge in [0.2, 0.25) is 5.95 Å². The molecule has 0 fully saturated rings. The lowest BCUT2D eigenvalue weighted by Crippen LogP contribution is -2.11. The zero-order valence-electron chi connectivity index (χ0n) is 8.37. The molecule has 0 spiro atoms. The van der Waals surface area contributed by atoms with Crippen LogP contribution in [-0.2, 0) is 6.18 Å². The van der Waals surface area contributed by atoms with E-state index in [2.05, 4.69) is 4.98 Å². The van der Waals surface area contributed by atoms with E-state index in [0.29, 0.717) is 0 Å². The molecule has 7 heteroatoms. The molecule has 1 heterocycles. The summed E-state index contributed by atoms with van der Waals surface area (Å²) in [5.41, 5.74) is 4.52. The van der Waals surface area contributed by atoms with E-state index in [4.69, 9.17) is 17.3 Å². The lowest BCUT2D eigenvalue weighted by Gasteiger charge is -2.14. The van der Waals surface area contributed by atoms with E-state index in [1.807, 2.05) is 0 Å². The Bertz CT molecular complexity index is 548. The maximum absolute atomic E-state index is 12.8. The van der Waals surface area contributed by atoms with Crippen LogP contribution in [0.2, 0.25) is 5.02 Å². The zero-order chi connectivity index (χ0) is 12.6. The summed E-state index contributed by atoms with van der Waals surface area (Å²) in [6.07, 6.45) is -1.82. The zero-order valence-corrected chi connectivity index (χ0v) is 9.13. The third-order valence-corrected chi connectivity index (χ3v) is 2.43. The van der Waals surface area contributed by atoms with Gasteiger partial charge in [0.1, 0.15) is 0 Å². The summed E-state index contributed by atoms with van der Waals surface area (Å²) in [6.45, 7) is 0. The Morgan fingerprint density at radius 2 is 2.00 bits per heavy atom. The number of aromatic nitrogens is 2. The second kappa shape index (κ2) is 3.96. The highest BCUT2D eigenvalue weighted by molar-refractivity contribution is 6.30. The van der Waals surface area contributed by atoms with Crippen LogP contribution in [0.3, 0.4) is 0 Å². The van der Waals surface area contributed by atoms with Crippen molar-refractivity contribution in [3.63, 3.8) is 0 Å². The largest absolute Gasteiger partial charge is 0.418 e. The molecule has 0 unspecified atom stereocenters. The molecular formula is C10H7ClF3N3. The summed E-state index contributed by atoms with van der Waals surface area (Å²) in [5, 5.41) is 0.0137. The molecule has 1 aromatic heterocycles. The molecule has 2 N–H and O–H groups in total. The average molecular weight is 262 g/mol. The van der Waals surface area contributed by atoms with Crippen molar-refractivity contribution in [3.8, 4) is 5.69 Å². The molecular weight excluding hydrogens is 255 g/mol. The van der Waals surface area contributed by atoms with Crippen molar-refractivity contribution in [2.45, 2.75) is 6.18 Å². The number of imidazole rings is 1. The minimum Gasteiger partial charge on any atom is -0.369 e. The van der Waals surface area contributed by atoms with Crippen LogP contribution in [0.5, 0.6) is 0 Å². The molecule has 0 radical (unpaired) electrons. The third kappa shape index (κ3) is 2.21. The molecule has 17 heavy (non-hydrogen) atoms. The number of nitrogens with zero attached hydrogens (tertiary/aromatic N) is 2. The first kappa shape index (κ1) is 11.8. The van der Waals surface area contributed by atoms with E-state index in [1.165, 1.54) is 24.5 Å². The first-order valence-electron chi connectivity index (χ1n) is 4.55.